The number of hydrogen-bond acceptors (Lipinski definition) is 1. The van der Waals surface area contributed by atoms with E-state index in [1.54, 1.807) is 13.8 Å². The molecule has 0 bridgehead atoms. The van der Waals surface area contributed by atoms with E-state index in [0.29, 0.717) is 10.7 Å². The summed E-state index contributed by atoms with van der Waals surface area (Å²) in [6.07, 6.45) is 0. The molecule has 0 aliphatic carbocycles. The second kappa shape index (κ2) is 4.76. The lowest BCUT2D eigenvalue weighted by Gasteiger charge is -2.18. The van der Waals surface area contributed by atoms with E-state index in [0.717, 1.165) is 11.1 Å². The maximum absolute atomic E-state index is 11.8. The van der Waals surface area contributed by atoms with Gasteiger partial charge in [-0.2, -0.15) is 0 Å². The number of hydrogen-bond donors (Lipinski definition) is 1. The van der Waals surface area contributed by atoms with E-state index in [4.69, 9.17) is 11.6 Å². The summed E-state index contributed by atoms with van der Waals surface area (Å²) < 4.78 is -0.604. The zero-order chi connectivity index (χ0) is 12.5. The molecule has 4 heteroatoms. The highest BCUT2D eigenvalue weighted by atomic mass is 79.9. The molecule has 0 saturated carbocycles. The second-order valence-electron chi connectivity index (χ2n) is 4.37. The highest BCUT2D eigenvalue weighted by molar-refractivity contribution is 9.10. The number of halogens is 2. The summed E-state index contributed by atoms with van der Waals surface area (Å²) in [6.45, 7) is 7.48. The van der Waals surface area contributed by atoms with Crippen molar-refractivity contribution in [1.29, 1.82) is 0 Å². The average molecular weight is 305 g/mol. The third-order valence-corrected chi connectivity index (χ3v) is 2.87. The lowest BCUT2D eigenvalue weighted by molar-refractivity contribution is -0.117. The predicted octanol–water partition coefficient (Wildman–Crippen LogP) is 4.07. The van der Waals surface area contributed by atoms with Crippen LogP contribution >= 0.6 is 27.5 Å². The molecule has 1 amide bonds. The standard InChI is InChI=1S/C12H15BrClNO/c1-7-5-8(2)10(9(14)6-7)15-11(16)12(3,4)13/h5-6H,1-4H3,(H,15,16). The Morgan fingerprint density at radius 1 is 1.38 bits per heavy atom. The molecule has 0 aliphatic heterocycles. The highest BCUT2D eigenvalue weighted by Gasteiger charge is 2.24. The fourth-order valence-corrected chi connectivity index (χ4v) is 1.80. The van der Waals surface area contributed by atoms with Crippen molar-refractivity contribution in [1.82, 2.24) is 0 Å². The summed E-state index contributed by atoms with van der Waals surface area (Å²) >= 11 is 9.41. The van der Waals surface area contributed by atoms with Crippen molar-refractivity contribution in [2.75, 3.05) is 5.32 Å². The van der Waals surface area contributed by atoms with E-state index in [1.807, 2.05) is 26.0 Å². The Kier molecular flexibility index (Phi) is 4.02. The molecule has 1 N–H and O–H groups in total. The Morgan fingerprint density at radius 2 is 1.94 bits per heavy atom. The Bertz CT molecular complexity index is 401. The smallest absolute Gasteiger partial charge is 0.240 e. The Labute approximate surface area is 110 Å². The maximum Gasteiger partial charge on any atom is 0.240 e. The Balaban J connectivity index is 3.03. The third-order valence-electron chi connectivity index (χ3n) is 2.21. The molecule has 0 unspecified atom stereocenters. The number of aryl methyl sites for hydroxylation is 2. The van der Waals surface area contributed by atoms with Gasteiger partial charge in [0, 0.05) is 0 Å². The molecule has 0 heterocycles. The molecule has 1 aromatic carbocycles. The van der Waals surface area contributed by atoms with Crippen LogP contribution in [0.2, 0.25) is 5.02 Å². The van der Waals surface area contributed by atoms with E-state index in [-0.39, 0.29) is 5.91 Å². The van der Waals surface area contributed by atoms with Gasteiger partial charge >= 0.3 is 0 Å². The summed E-state index contributed by atoms with van der Waals surface area (Å²) in [6, 6.07) is 3.83. The van der Waals surface area contributed by atoms with Crippen LogP contribution in [0.15, 0.2) is 12.1 Å². The Hall–Kier alpha value is -0.540. The number of benzene rings is 1. The molecule has 0 aromatic heterocycles. The summed E-state index contributed by atoms with van der Waals surface area (Å²) in [5.74, 6) is -0.110. The number of anilines is 1. The number of carbonyl (C=O) groups is 1. The number of amides is 1. The van der Waals surface area contributed by atoms with Crippen molar-refractivity contribution in [3.8, 4) is 0 Å². The minimum absolute atomic E-state index is 0.110. The van der Waals surface area contributed by atoms with Gasteiger partial charge in [-0.25, -0.2) is 0 Å². The molecular weight excluding hydrogens is 289 g/mol. The molecule has 0 spiro atoms. The van der Waals surface area contributed by atoms with Crippen molar-refractivity contribution >= 4 is 39.1 Å². The maximum atomic E-state index is 11.8. The van der Waals surface area contributed by atoms with Crippen LogP contribution in [0.1, 0.15) is 25.0 Å². The molecular formula is C12H15BrClNO. The van der Waals surface area contributed by atoms with E-state index < -0.39 is 4.32 Å². The van der Waals surface area contributed by atoms with Gasteiger partial charge in [0.2, 0.25) is 5.91 Å². The van der Waals surface area contributed by atoms with Crippen LogP contribution in [0.25, 0.3) is 0 Å². The number of carbonyl (C=O) groups excluding carboxylic acids is 1. The van der Waals surface area contributed by atoms with E-state index >= 15 is 0 Å². The van der Waals surface area contributed by atoms with Crippen LogP contribution in [-0.2, 0) is 4.79 Å². The van der Waals surface area contributed by atoms with E-state index in [1.165, 1.54) is 0 Å². The van der Waals surface area contributed by atoms with Crippen molar-refractivity contribution in [2.24, 2.45) is 0 Å². The second-order valence-corrected chi connectivity index (χ2v) is 6.75. The van der Waals surface area contributed by atoms with Gasteiger partial charge in [0.25, 0.3) is 0 Å². The summed E-state index contributed by atoms with van der Waals surface area (Å²) in [5, 5.41) is 3.40. The summed E-state index contributed by atoms with van der Waals surface area (Å²) in [5.41, 5.74) is 2.73. The first kappa shape index (κ1) is 13.5. The number of nitrogens with one attached hydrogen (secondary N) is 1. The van der Waals surface area contributed by atoms with Crippen LogP contribution in [0.3, 0.4) is 0 Å². The first-order chi connectivity index (χ1) is 7.21. The van der Waals surface area contributed by atoms with Gasteiger partial charge in [-0.15, -0.1) is 0 Å². The van der Waals surface area contributed by atoms with E-state index in [2.05, 4.69) is 21.2 Å². The largest absolute Gasteiger partial charge is 0.323 e. The average Bonchev–Trinajstić information content (AvgIpc) is 2.08. The van der Waals surface area contributed by atoms with Gasteiger partial charge in [0.05, 0.1) is 15.0 Å². The first-order valence-corrected chi connectivity index (χ1v) is 6.16. The van der Waals surface area contributed by atoms with Crippen molar-refractivity contribution in [3.63, 3.8) is 0 Å². The SMILES string of the molecule is Cc1cc(C)c(NC(=O)C(C)(C)Br)c(Cl)c1. The third kappa shape index (κ3) is 3.22. The van der Waals surface area contributed by atoms with Crippen LogP contribution in [-0.4, -0.2) is 10.2 Å². The lowest BCUT2D eigenvalue weighted by Crippen LogP contribution is -2.31. The number of rotatable bonds is 2. The molecule has 88 valence electrons. The van der Waals surface area contributed by atoms with Gasteiger partial charge in [-0.05, 0) is 44.9 Å². The van der Waals surface area contributed by atoms with Crippen LogP contribution in [0.4, 0.5) is 5.69 Å². The molecule has 0 saturated heterocycles. The van der Waals surface area contributed by atoms with Crippen LogP contribution in [0.5, 0.6) is 0 Å². The molecule has 0 fully saturated rings. The zero-order valence-corrected chi connectivity index (χ0v) is 12.2. The fraction of sp³-hybridized carbons (Fsp3) is 0.417. The summed E-state index contributed by atoms with van der Waals surface area (Å²) in [7, 11) is 0. The Morgan fingerprint density at radius 3 is 2.38 bits per heavy atom. The first-order valence-electron chi connectivity index (χ1n) is 4.99. The number of alkyl halides is 1. The quantitative estimate of drug-likeness (QED) is 0.820. The van der Waals surface area contributed by atoms with Crippen LogP contribution < -0.4 is 5.32 Å². The molecule has 0 aliphatic rings. The van der Waals surface area contributed by atoms with Gasteiger partial charge in [-0.1, -0.05) is 33.6 Å². The lowest BCUT2D eigenvalue weighted by atomic mass is 10.1. The molecule has 1 aromatic rings. The minimum Gasteiger partial charge on any atom is -0.323 e. The summed E-state index contributed by atoms with van der Waals surface area (Å²) in [4.78, 5) is 11.8. The van der Waals surface area contributed by atoms with Gasteiger partial charge in [-0.3, -0.25) is 4.79 Å². The van der Waals surface area contributed by atoms with Crippen molar-refractivity contribution in [3.05, 3.63) is 28.3 Å². The predicted molar refractivity (Wildman–Crippen MR) is 72.6 cm³/mol. The highest BCUT2D eigenvalue weighted by Crippen LogP contribution is 2.29. The van der Waals surface area contributed by atoms with E-state index in [9.17, 15) is 4.79 Å². The molecule has 0 radical (unpaired) electrons. The minimum atomic E-state index is -0.604. The zero-order valence-electron chi connectivity index (χ0n) is 9.82. The van der Waals surface area contributed by atoms with Crippen molar-refractivity contribution in [2.45, 2.75) is 32.0 Å². The molecule has 0 atom stereocenters. The van der Waals surface area contributed by atoms with Gasteiger partial charge in [0.15, 0.2) is 0 Å². The molecule has 16 heavy (non-hydrogen) atoms. The fourth-order valence-electron chi connectivity index (χ4n) is 1.34. The van der Waals surface area contributed by atoms with Crippen molar-refractivity contribution < 1.29 is 4.79 Å². The topological polar surface area (TPSA) is 29.1 Å². The van der Waals surface area contributed by atoms with Gasteiger partial charge in [0.1, 0.15) is 0 Å². The monoisotopic (exact) mass is 303 g/mol. The molecule has 1 rings (SSSR count). The normalized spacial score (nSPS) is 11.4. The van der Waals surface area contributed by atoms with Gasteiger partial charge < -0.3 is 5.32 Å². The van der Waals surface area contributed by atoms with Crippen LogP contribution in [0, 0.1) is 13.8 Å². The molecule has 2 nitrogen and oxygen atoms in total.